The summed E-state index contributed by atoms with van der Waals surface area (Å²) < 4.78 is 25.8. The normalized spacial score (nSPS) is 9.93. The van der Waals surface area contributed by atoms with E-state index in [1.54, 1.807) is 48.7 Å². The number of ether oxygens (including phenoxy) is 5. The smallest absolute Gasteiger partial charge is 0.339 e. The van der Waals surface area contributed by atoms with Crippen LogP contribution in [0, 0.1) is 0 Å². The molecule has 4 aromatic rings. The van der Waals surface area contributed by atoms with Crippen molar-refractivity contribution in [2.45, 2.75) is 13.2 Å². The first-order valence-corrected chi connectivity index (χ1v) is 12.5. The number of carbonyl (C=O) groups excluding carboxylic acids is 3. The third-order valence-electron chi connectivity index (χ3n) is 5.73. The van der Waals surface area contributed by atoms with Crippen LogP contribution in [0.5, 0.6) is 23.0 Å². The molecule has 12 heteroatoms. The maximum Gasteiger partial charge on any atom is 0.339 e. The first kappa shape index (κ1) is 31.7. The van der Waals surface area contributed by atoms with Crippen molar-refractivity contribution in [3.8, 4) is 23.0 Å². The molecule has 2 aromatic carbocycles. The lowest BCUT2D eigenvalue weighted by Gasteiger charge is -2.10. The van der Waals surface area contributed by atoms with Gasteiger partial charge in [-0.15, -0.1) is 0 Å². The van der Waals surface area contributed by atoms with Crippen LogP contribution >= 0.6 is 0 Å². The molecule has 0 saturated heterocycles. The van der Waals surface area contributed by atoms with E-state index in [1.807, 2.05) is 0 Å². The van der Waals surface area contributed by atoms with Crippen LogP contribution in [0.25, 0.3) is 0 Å². The molecule has 0 radical (unpaired) electrons. The highest BCUT2D eigenvalue weighted by molar-refractivity contribution is 5.89. The molecule has 0 aliphatic carbocycles. The van der Waals surface area contributed by atoms with Gasteiger partial charge in [-0.2, -0.15) is 0 Å². The number of methoxy groups -OCH3 is 3. The summed E-state index contributed by atoms with van der Waals surface area (Å²) in [7, 11) is 4.33. The number of benzene rings is 2. The molecular formula is C31H28N2O10. The number of hydrogen-bond acceptors (Lipinski definition) is 11. The molecule has 0 spiro atoms. The minimum Gasteiger partial charge on any atom is -0.497 e. The molecule has 2 heterocycles. The number of pyridine rings is 2. The molecule has 0 aliphatic rings. The predicted molar refractivity (Wildman–Crippen MR) is 152 cm³/mol. The number of aromatic nitrogens is 2. The Labute approximate surface area is 246 Å². The molecule has 43 heavy (non-hydrogen) atoms. The van der Waals surface area contributed by atoms with E-state index in [1.165, 1.54) is 46.0 Å². The molecule has 0 saturated carbocycles. The van der Waals surface area contributed by atoms with Gasteiger partial charge in [0.2, 0.25) is 0 Å². The number of hydrogen-bond donors (Lipinski definition) is 1. The lowest BCUT2D eigenvalue weighted by atomic mass is 10.2. The van der Waals surface area contributed by atoms with E-state index in [9.17, 15) is 19.2 Å². The van der Waals surface area contributed by atoms with Crippen LogP contribution in [0.1, 0.15) is 52.6 Å². The number of esters is 1. The van der Waals surface area contributed by atoms with Gasteiger partial charge < -0.3 is 28.8 Å². The summed E-state index contributed by atoms with van der Waals surface area (Å²) in [5, 5.41) is 8.89. The lowest BCUT2D eigenvalue weighted by molar-refractivity contribution is 0.0599. The zero-order valence-corrected chi connectivity index (χ0v) is 23.5. The minimum absolute atomic E-state index is 0.0847. The number of aldehydes is 2. The van der Waals surface area contributed by atoms with Gasteiger partial charge in [0, 0.05) is 35.9 Å². The van der Waals surface area contributed by atoms with Crippen LogP contribution in [-0.2, 0) is 18.0 Å². The van der Waals surface area contributed by atoms with Crippen LogP contribution in [0.4, 0.5) is 0 Å². The van der Waals surface area contributed by atoms with Gasteiger partial charge in [0.15, 0.2) is 12.6 Å². The zero-order chi connectivity index (χ0) is 31.2. The molecule has 222 valence electrons. The van der Waals surface area contributed by atoms with Crippen molar-refractivity contribution >= 4 is 24.5 Å². The number of rotatable bonds is 12. The standard InChI is InChI=1S/C16H15NO5.C15H13NO5/c1-20-14-3-4-15(13(6-14)9-18)22-10-11-5-12(8-17-7-11)16(19)21-2;1-20-13-2-3-14(12(5-13)8-17)21-9-10-4-11(15(18)19)7-16-6-10/h3-9H,10H2,1-2H3;2-8H,9H2,1H3,(H,18,19). The average molecular weight is 589 g/mol. The highest BCUT2D eigenvalue weighted by Crippen LogP contribution is 2.24. The SMILES string of the molecule is COC(=O)c1cncc(COc2ccc(OC)cc2C=O)c1.COc1ccc(OCc2cncc(C(=O)O)c2)c(C=O)c1. The summed E-state index contributed by atoms with van der Waals surface area (Å²) >= 11 is 0. The van der Waals surface area contributed by atoms with Gasteiger partial charge >= 0.3 is 11.9 Å². The topological polar surface area (TPSA) is 160 Å². The van der Waals surface area contributed by atoms with Crippen LogP contribution in [0.2, 0.25) is 0 Å². The van der Waals surface area contributed by atoms with Crippen LogP contribution in [0.15, 0.2) is 73.3 Å². The van der Waals surface area contributed by atoms with E-state index < -0.39 is 11.9 Å². The fraction of sp³-hybridized carbons (Fsp3) is 0.161. The van der Waals surface area contributed by atoms with Gasteiger partial charge in [-0.1, -0.05) is 0 Å². The zero-order valence-electron chi connectivity index (χ0n) is 23.5. The number of carboxylic acid groups (broad SMARTS) is 1. The minimum atomic E-state index is -1.05. The Morgan fingerprint density at radius 1 is 0.698 bits per heavy atom. The molecule has 0 fully saturated rings. The molecule has 0 unspecified atom stereocenters. The van der Waals surface area contributed by atoms with Gasteiger partial charge in [0.05, 0.1) is 43.6 Å². The van der Waals surface area contributed by atoms with Crippen molar-refractivity contribution in [1.82, 2.24) is 9.97 Å². The molecule has 12 nitrogen and oxygen atoms in total. The van der Waals surface area contributed by atoms with Crippen LogP contribution in [0.3, 0.4) is 0 Å². The molecular weight excluding hydrogens is 560 g/mol. The maximum atomic E-state index is 11.4. The summed E-state index contributed by atoms with van der Waals surface area (Å²) in [5.41, 5.74) is 2.46. The highest BCUT2D eigenvalue weighted by atomic mass is 16.5. The van der Waals surface area contributed by atoms with E-state index in [-0.39, 0.29) is 18.8 Å². The Morgan fingerprint density at radius 2 is 1.16 bits per heavy atom. The lowest BCUT2D eigenvalue weighted by Crippen LogP contribution is -2.05. The van der Waals surface area contributed by atoms with Crippen molar-refractivity contribution in [3.63, 3.8) is 0 Å². The molecule has 0 atom stereocenters. The van der Waals surface area contributed by atoms with Gasteiger partial charge in [-0.05, 0) is 48.5 Å². The number of aromatic carboxylic acids is 1. The Balaban J connectivity index is 0.000000236. The number of carbonyl (C=O) groups is 4. The number of carboxylic acids is 1. The summed E-state index contributed by atoms with van der Waals surface area (Å²) in [4.78, 5) is 52.2. The second-order valence-electron chi connectivity index (χ2n) is 8.58. The second-order valence-corrected chi connectivity index (χ2v) is 8.58. The average Bonchev–Trinajstić information content (AvgIpc) is 3.06. The molecule has 1 N–H and O–H groups in total. The predicted octanol–water partition coefficient (Wildman–Crippen LogP) is 4.45. The van der Waals surface area contributed by atoms with Crippen LogP contribution in [-0.4, -0.2) is 60.9 Å². The summed E-state index contributed by atoms with van der Waals surface area (Å²) in [6.07, 6.45) is 7.13. The van der Waals surface area contributed by atoms with Crippen molar-refractivity contribution in [1.29, 1.82) is 0 Å². The summed E-state index contributed by atoms with van der Waals surface area (Å²) in [6, 6.07) is 12.9. The van der Waals surface area contributed by atoms with Gasteiger partial charge in [-0.25, -0.2) is 9.59 Å². The van der Waals surface area contributed by atoms with Gasteiger partial charge in [0.1, 0.15) is 36.2 Å². The van der Waals surface area contributed by atoms with Crippen molar-refractivity contribution in [3.05, 3.63) is 107 Å². The largest absolute Gasteiger partial charge is 0.497 e. The molecule has 2 aromatic heterocycles. The van der Waals surface area contributed by atoms with Crippen molar-refractivity contribution in [2.24, 2.45) is 0 Å². The second kappa shape index (κ2) is 15.9. The van der Waals surface area contributed by atoms with E-state index >= 15 is 0 Å². The quantitative estimate of drug-likeness (QED) is 0.183. The Bertz CT molecular complexity index is 1590. The highest BCUT2D eigenvalue weighted by Gasteiger charge is 2.10. The Kier molecular flexibility index (Phi) is 11.7. The van der Waals surface area contributed by atoms with Gasteiger partial charge in [-0.3, -0.25) is 19.6 Å². The molecule has 0 amide bonds. The van der Waals surface area contributed by atoms with E-state index in [4.69, 9.17) is 24.1 Å². The monoisotopic (exact) mass is 588 g/mol. The van der Waals surface area contributed by atoms with Crippen molar-refractivity contribution in [2.75, 3.05) is 21.3 Å². The third-order valence-corrected chi connectivity index (χ3v) is 5.73. The first-order valence-electron chi connectivity index (χ1n) is 12.5. The van der Waals surface area contributed by atoms with E-state index in [0.717, 1.165) is 0 Å². The summed E-state index contributed by atoms with van der Waals surface area (Å²) in [6.45, 7) is 0.284. The Hall–Kier alpha value is -5.78. The molecule has 4 rings (SSSR count). The van der Waals surface area contributed by atoms with Crippen LogP contribution < -0.4 is 18.9 Å². The van der Waals surface area contributed by atoms with E-state index in [2.05, 4.69) is 14.7 Å². The fourth-order valence-electron chi connectivity index (χ4n) is 3.56. The summed E-state index contributed by atoms with van der Waals surface area (Å²) in [5.74, 6) is 0.434. The molecule has 0 bridgehead atoms. The molecule has 0 aliphatic heterocycles. The maximum absolute atomic E-state index is 11.4. The Morgan fingerprint density at radius 3 is 1.58 bits per heavy atom. The first-order chi connectivity index (χ1) is 20.8. The van der Waals surface area contributed by atoms with E-state index in [0.29, 0.717) is 63.4 Å². The third kappa shape index (κ3) is 9.11. The number of nitrogens with zero attached hydrogens (tertiary/aromatic N) is 2. The van der Waals surface area contributed by atoms with Crippen molar-refractivity contribution < 1.29 is 48.0 Å². The van der Waals surface area contributed by atoms with Gasteiger partial charge in [0.25, 0.3) is 0 Å². The fourth-order valence-corrected chi connectivity index (χ4v) is 3.56.